The molecule has 0 aliphatic rings. The van der Waals surface area contributed by atoms with Crippen LogP contribution in [-0.4, -0.2) is 21.9 Å². The van der Waals surface area contributed by atoms with E-state index in [1.165, 1.54) is 0 Å². The lowest BCUT2D eigenvalue weighted by Gasteiger charge is -2.06. The fourth-order valence-corrected chi connectivity index (χ4v) is 1.84. The molecule has 0 saturated carbocycles. The third kappa shape index (κ3) is 2.13. The van der Waals surface area contributed by atoms with Crippen molar-refractivity contribution >= 4 is 27.5 Å². The average Bonchev–Trinajstić information content (AvgIpc) is 2.63. The second-order valence-electron chi connectivity index (χ2n) is 2.82. The van der Waals surface area contributed by atoms with Crippen molar-refractivity contribution < 1.29 is 4.74 Å². The van der Waals surface area contributed by atoms with Crippen LogP contribution >= 0.6 is 27.5 Å². The third-order valence-electron chi connectivity index (χ3n) is 1.88. The lowest BCUT2D eigenvalue weighted by Crippen LogP contribution is -1.93. The van der Waals surface area contributed by atoms with Crippen LogP contribution in [0, 0.1) is 0 Å². The molecular formula is C9H7BrClN3O. The largest absolute Gasteiger partial charge is 0.497 e. The van der Waals surface area contributed by atoms with Gasteiger partial charge in [0, 0.05) is 10.5 Å². The van der Waals surface area contributed by atoms with Gasteiger partial charge in [-0.15, -0.1) is 10.2 Å². The van der Waals surface area contributed by atoms with Crippen LogP contribution in [-0.2, 0) is 0 Å². The molecule has 0 aliphatic carbocycles. The molecule has 15 heavy (non-hydrogen) atoms. The molecule has 0 radical (unpaired) electrons. The molecule has 1 aromatic heterocycles. The van der Waals surface area contributed by atoms with Gasteiger partial charge >= 0.3 is 0 Å². The van der Waals surface area contributed by atoms with Crippen LogP contribution in [0.4, 0.5) is 0 Å². The van der Waals surface area contributed by atoms with Crippen LogP contribution in [0.15, 0.2) is 29.0 Å². The SMILES string of the molecule is COc1cc(Br)cc(-n2cnnc2Cl)c1. The number of benzene rings is 1. The standard InChI is InChI=1S/C9H7BrClN3O/c1-15-8-3-6(10)2-7(4-8)14-5-12-13-9(14)11/h2-5H,1H3. The fourth-order valence-electron chi connectivity index (χ4n) is 1.20. The molecule has 0 aliphatic heterocycles. The van der Waals surface area contributed by atoms with E-state index in [0.717, 1.165) is 15.9 Å². The second-order valence-corrected chi connectivity index (χ2v) is 4.07. The summed E-state index contributed by atoms with van der Waals surface area (Å²) in [5, 5.41) is 7.72. The van der Waals surface area contributed by atoms with E-state index in [1.807, 2.05) is 18.2 Å². The molecule has 0 bridgehead atoms. The Labute approximate surface area is 100.0 Å². The van der Waals surface area contributed by atoms with Gasteiger partial charge in [-0.2, -0.15) is 0 Å². The van der Waals surface area contributed by atoms with Crippen molar-refractivity contribution in [2.45, 2.75) is 0 Å². The number of aromatic nitrogens is 3. The van der Waals surface area contributed by atoms with Gasteiger partial charge in [0.25, 0.3) is 0 Å². The molecule has 2 aromatic rings. The first-order chi connectivity index (χ1) is 7.20. The van der Waals surface area contributed by atoms with Crippen LogP contribution in [0.5, 0.6) is 5.75 Å². The number of halogens is 2. The first kappa shape index (κ1) is 10.4. The summed E-state index contributed by atoms with van der Waals surface area (Å²) in [6.07, 6.45) is 1.55. The zero-order valence-electron chi connectivity index (χ0n) is 7.82. The summed E-state index contributed by atoms with van der Waals surface area (Å²) >= 11 is 9.24. The summed E-state index contributed by atoms with van der Waals surface area (Å²) < 4.78 is 7.71. The highest BCUT2D eigenvalue weighted by Crippen LogP contribution is 2.24. The molecular weight excluding hydrogens is 281 g/mol. The Kier molecular flexibility index (Phi) is 2.93. The van der Waals surface area contributed by atoms with E-state index in [-0.39, 0.29) is 0 Å². The lowest BCUT2D eigenvalue weighted by atomic mass is 10.3. The predicted molar refractivity (Wildman–Crippen MR) is 60.6 cm³/mol. The Morgan fingerprint density at radius 2 is 2.20 bits per heavy atom. The summed E-state index contributed by atoms with van der Waals surface area (Å²) in [5.41, 5.74) is 0.844. The topological polar surface area (TPSA) is 39.9 Å². The van der Waals surface area contributed by atoms with E-state index in [1.54, 1.807) is 18.0 Å². The van der Waals surface area contributed by atoms with E-state index < -0.39 is 0 Å². The fraction of sp³-hybridized carbons (Fsp3) is 0.111. The van der Waals surface area contributed by atoms with Crippen LogP contribution in [0.1, 0.15) is 0 Å². The normalized spacial score (nSPS) is 10.3. The van der Waals surface area contributed by atoms with E-state index in [9.17, 15) is 0 Å². The number of nitrogens with zero attached hydrogens (tertiary/aromatic N) is 3. The smallest absolute Gasteiger partial charge is 0.229 e. The predicted octanol–water partition coefficient (Wildman–Crippen LogP) is 2.69. The maximum atomic E-state index is 5.86. The van der Waals surface area contributed by atoms with Gasteiger partial charge in [-0.25, -0.2) is 0 Å². The van der Waals surface area contributed by atoms with Crippen molar-refractivity contribution in [2.75, 3.05) is 7.11 Å². The van der Waals surface area contributed by atoms with Crippen LogP contribution < -0.4 is 4.74 Å². The van der Waals surface area contributed by atoms with Crippen LogP contribution in [0.3, 0.4) is 0 Å². The maximum absolute atomic E-state index is 5.86. The monoisotopic (exact) mass is 287 g/mol. The zero-order chi connectivity index (χ0) is 10.8. The molecule has 0 fully saturated rings. The van der Waals surface area contributed by atoms with Gasteiger partial charge in [-0.3, -0.25) is 4.57 Å². The van der Waals surface area contributed by atoms with Gasteiger partial charge in [0.15, 0.2) is 0 Å². The number of methoxy groups -OCH3 is 1. The number of ether oxygens (including phenoxy) is 1. The van der Waals surface area contributed by atoms with Crippen molar-refractivity contribution in [3.8, 4) is 11.4 Å². The molecule has 4 nitrogen and oxygen atoms in total. The molecule has 0 unspecified atom stereocenters. The Morgan fingerprint density at radius 1 is 1.40 bits per heavy atom. The summed E-state index contributed by atoms with van der Waals surface area (Å²) in [4.78, 5) is 0. The summed E-state index contributed by atoms with van der Waals surface area (Å²) in [6.45, 7) is 0. The van der Waals surface area contributed by atoms with Gasteiger partial charge in [0.05, 0.1) is 12.8 Å². The molecule has 0 amide bonds. The van der Waals surface area contributed by atoms with E-state index in [0.29, 0.717) is 5.28 Å². The number of hydrogen-bond acceptors (Lipinski definition) is 3. The maximum Gasteiger partial charge on any atom is 0.229 e. The quantitative estimate of drug-likeness (QED) is 0.853. The Morgan fingerprint density at radius 3 is 2.80 bits per heavy atom. The van der Waals surface area contributed by atoms with Gasteiger partial charge in [0.2, 0.25) is 5.28 Å². The van der Waals surface area contributed by atoms with Crippen molar-refractivity contribution in [1.29, 1.82) is 0 Å². The van der Waals surface area contributed by atoms with Crippen molar-refractivity contribution in [2.24, 2.45) is 0 Å². The first-order valence-corrected chi connectivity index (χ1v) is 5.28. The molecule has 2 rings (SSSR count). The minimum absolute atomic E-state index is 0.315. The Hall–Kier alpha value is -1.07. The minimum atomic E-state index is 0.315. The lowest BCUT2D eigenvalue weighted by molar-refractivity contribution is 0.414. The van der Waals surface area contributed by atoms with E-state index in [4.69, 9.17) is 16.3 Å². The molecule has 0 spiro atoms. The number of hydrogen-bond donors (Lipinski definition) is 0. The Bertz CT molecular complexity index is 486. The van der Waals surface area contributed by atoms with Gasteiger partial charge in [-0.05, 0) is 23.7 Å². The molecule has 0 atom stereocenters. The highest BCUT2D eigenvalue weighted by Gasteiger charge is 2.05. The second kappa shape index (κ2) is 4.20. The van der Waals surface area contributed by atoms with E-state index >= 15 is 0 Å². The van der Waals surface area contributed by atoms with Gasteiger partial charge in [0.1, 0.15) is 12.1 Å². The first-order valence-electron chi connectivity index (χ1n) is 4.11. The minimum Gasteiger partial charge on any atom is -0.497 e. The summed E-state index contributed by atoms with van der Waals surface area (Å²) in [7, 11) is 1.61. The van der Waals surface area contributed by atoms with Crippen LogP contribution in [0.25, 0.3) is 5.69 Å². The molecule has 78 valence electrons. The summed E-state index contributed by atoms with van der Waals surface area (Å²) in [5.74, 6) is 0.740. The van der Waals surface area contributed by atoms with Crippen molar-refractivity contribution in [3.63, 3.8) is 0 Å². The highest BCUT2D eigenvalue weighted by atomic mass is 79.9. The zero-order valence-corrected chi connectivity index (χ0v) is 10.2. The highest BCUT2D eigenvalue weighted by molar-refractivity contribution is 9.10. The van der Waals surface area contributed by atoms with Crippen LogP contribution in [0.2, 0.25) is 5.28 Å². The van der Waals surface area contributed by atoms with Crippen molar-refractivity contribution in [3.05, 3.63) is 34.3 Å². The molecule has 1 heterocycles. The molecule has 6 heteroatoms. The Balaban J connectivity index is 2.53. The summed E-state index contributed by atoms with van der Waals surface area (Å²) in [6, 6.07) is 5.61. The van der Waals surface area contributed by atoms with Gasteiger partial charge in [-0.1, -0.05) is 15.9 Å². The average molecular weight is 289 g/mol. The van der Waals surface area contributed by atoms with Gasteiger partial charge < -0.3 is 4.74 Å². The molecule has 0 saturated heterocycles. The molecule has 1 aromatic carbocycles. The van der Waals surface area contributed by atoms with Crippen molar-refractivity contribution in [1.82, 2.24) is 14.8 Å². The molecule has 0 N–H and O–H groups in total. The van der Waals surface area contributed by atoms with E-state index in [2.05, 4.69) is 26.1 Å². The number of rotatable bonds is 2. The third-order valence-corrected chi connectivity index (χ3v) is 2.59.